The zero-order valence-electron chi connectivity index (χ0n) is 11.2. The highest BCUT2D eigenvalue weighted by Crippen LogP contribution is 2.05. The van der Waals surface area contributed by atoms with Crippen molar-refractivity contribution in [2.75, 3.05) is 0 Å². The maximum Gasteiger partial charge on any atom is 0.328 e. The molecule has 4 heteroatoms. The van der Waals surface area contributed by atoms with E-state index in [0.29, 0.717) is 0 Å². The third kappa shape index (κ3) is 2.80. The monoisotopic (exact) mass is 210 g/mol. The summed E-state index contributed by atoms with van der Waals surface area (Å²) in [5, 5.41) is 11.0. The molecule has 2 N–H and O–H groups in total. The molecule has 0 aliphatic carbocycles. The van der Waals surface area contributed by atoms with Gasteiger partial charge in [-0.25, -0.2) is 4.79 Å². The van der Waals surface area contributed by atoms with Gasteiger partial charge in [-0.05, 0) is 25.9 Å². The van der Waals surface area contributed by atoms with E-state index < -0.39 is 24.3 Å². The van der Waals surface area contributed by atoms with Crippen molar-refractivity contribution in [3.8, 4) is 0 Å². The van der Waals surface area contributed by atoms with Crippen LogP contribution in [-0.2, 0) is 4.79 Å². The highest BCUT2D eigenvalue weighted by Gasteiger charge is 2.29. The smallest absolute Gasteiger partial charge is 0.328 e. The summed E-state index contributed by atoms with van der Waals surface area (Å²) in [5.74, 6) is -2.34. The number of carbonyl (C=O) groups is 2. The maximum atomic E-state index is 11.8. The fraction of sp³-hybridized carbons (Fsp3) is 0.273. The first-order valence-electron chi connectivity index (χ1n) is 5.79. The number of carboxylic acid groups (broad SMARTS) is 1. The first-order valence-corrected chi connectivity index (χ1v) is 4.29. The second kappa shape index (κ2) is 4.13. The molecule has 0 bridgehead atoms. The number of amides is 1. The van der Waals surface area contributed by atoms with Gasteiger partial charge in [0, 0.05) is 9.68 Å². The van der Waals surface area contributed by atoms with E-state index in [0.717, 1.165) is 6.92 Å². The molecule has 1 aromatic rings. The van der Waals surface area contributed by atoms with Gasteiger partial charge < -0.3 is 10.4 Å². The Labute approximate surface area is 92.1 Å². The van der Waals surface area contributed by atoms with Crippen LogP contribution in [-0.4, -0.2) is 22.5 Å². The first-order chi connectivity index (χ1) is 8.18. The molecule has 0 saturated heterocycles. The van der Waals surface area contributed by atoms with Crippen LogP contribution >= 0.6 is 0 Å². The van der Waals surface area contributed by atoms with Gasteiger partial charge in [0.1, 0.15) is 5.54 Å². The Hall–Kier alpha value is -1.84. The predicted molar refractivity (Wildman–Crippen MR) is 55.6 cm³/mol. The zero-order valence-corrected chi connectivity index (χ0v) is 8.15. The van der Waals surface area contributed by atoms with E-state index in [-0.39, 0.29) is 5.56 Å². The lowest BCUT2D eigenvalue weighted by atomic mass is 10.1. The minimum atomic E-state index is -2.84. The van der Waals surface area contributed by atoms with Gasteiger partial charge in [0.05, 0.1) is 0 Å². The Balaban J connectivity index is 3.01. The molecule has 15 heavy (non-hydrogen) atoms. The van der Waals surface area contributed by atoms with E-state index in [9.17, 15) is 9.59 Å². The molecule has 4 nitrogen and oxygen atoms in total. The Morgan fingerprint density at radius 3 is 2.47 bits per heavy atom. The van der Waals surface area contributed by atoms with E-state index in [1.54, 1.807) is 18.2 Å². The van der Waals surface area contributed by atoms with Crippen molar-refractivity contribution in [1.29, 1.82) is 0 Å². The quantitative estimate of drug-likeness (QED) is 0.789. The molecule has 0 radical (unpaired) electrons. The number of benzene rings is 1. The van der Waals surface area contributed by atoms with Crippen LogP contribution in [0.25, 0.3) is 0 Å². The van der Waals surface area contributed by atoms with Gasteiger partial charge >= 0.3 is 5.97 Å². The zero-order chi connectivity index (χ0) is 14.0. The van der Waals surface area contributed by atoms with E-state index in [1.165, 1.54) is 12.1 Å². The van der Waals surface area contributed by atoms with Gasteiger partial charge in [-0.2, -0.15) is 0 Å². The van der Waals surface area contributed by atoms with E-state index in [2.05, 4.69) is 0 Å². The summed E-state index contributed by atoms with van der Waals surface area (Å²) in [5.41, 5.74) is -2.12. The highest BCUT2D eigenvalue weighted by atomic mass is 16.4. The summed E-state index contributed by atoms with van der Waals surface area (Å²) >= 11 is 0. The molecule has 0 aliphatic heterocycles. The van der Waals surface area contributed by atoms with Crippen LogP contribution in [0.3, 0.4) is 0 Å². The van der Waals surface area contributed by atoms with Crippen molar-refractivity contribution in [2.24, 2.45) is 0 Å². The molecule has 1 aromatic carbocycles. The third-order valence-electron chi connectivity index (χ3n) is 1.83. The van der Waals surface area contributed by atoms with Crippen molar-refractivity contribution < 1.29 is 18.8 Å². The second-order valence-corrected chi connectivity index (χ2v) is 3.25. The average Bonchev–Trinajstić information content (AvgIpc) is 2.28. The van der Waals surface area contributed by atoms with Crippen LogP contribution in [0, 0.1) is 0 Å². The van der Waals surface area contributed by atoms with Crippen LogP contribution < -0.4 is 5.32 Å². The van der Waals surface area contributed by atoms with Crippen molar-refractivity contribution in [3.05, 3.63) is 35.9 Å². The number of carbonyl (C=O) groups excluding carboxylic acids is 1. The second-order valence-electron chi connectivity index (χ2n) is 3.25. The number of hydrogen-bond donors (Lipinski definition) is 2. The molecule has 0 heterocycles. The van der Waals surface area contributed by atoms with Crippen LogP contribution in [0.5, 0.6) is 0 Å². The highest BCUT2D eigenvalue weighted by molar-refractivity contribution is 5.97. The largest absolute Gasteiger partial charge is 0.480 e. The molecule has 0 saturated carbocycles. The Kier molecular flexibility index (Phi) is 2.05. The summed E-state index contributed by atoms with van der Waals surface area (Å²) in [6.45, 7) is -1.88. The summed E-state index contributed by atoms with van der Waals surface area (Å²) in [4.78, 5) is 22.8. The Bertz CT molecular complexity index is 458. The summed E-state index contributed by atoms with van der Waals surface area (Å²) in [6.07, 6.45) is 0. The van der Waals surface area contributed by atoms with Crippen LogP contribution in [0.4, 0.5) is 0 Å². The van der Waals surface area contributed by atoms with Crippen LogP contribution in [0.2, 0.25) is 0 Å². The Morgan fingerprint density at radius 1 is 1.40 bits per heavy atom. The summed E-state index contributed by atoms with van der Waals surface area (Å²) in [6, 6.07) is 7.83. The molecule has 0 aliphatic rings. The molecule has 0 unspecified atom stereocenters. The molecule has 1 atom stereocenters. The maximum absolute atomic E-state index is 11.8. The minimum Gasteiger partial charge on any atom is -0.480 e. The third-order valence-corrected chi connectivity index (χ3v) is 1.83. The number of carboxylic acids is 1. The van der Waals surface area contributed by atoms with E-state index in [4.69, 9.17) is 9.22 Å². The van der Waals surface area contributed by atoms with Gasteiger partial charge in [-0.15, -0.1) is 0 Å². The standard InChI is InChI=1S/C11H13NO3/c1-11(2,10(14)15)12-9(13)8-6-4-3-5-7-8/h3-7H,1-2H3,(H,12,13)(H,14,15)/i1D3/t11-/m1/s1. The van der Waals surface area contributed by atoms with Gasteiger partial charge in [-0.1, -0.05) is 18.2 Å². The Morgan fingerprint density at radius 2 is 2.00 bits per heavy atom. The number of nitrogens with one attached hydrogen (secondary N) is 1. The van der Waals surface area contributed by atoms with E-state index in [1.807, 2.05) is 5.32 Å². The predicted octanol–water partition coefficient (Wildman–Crippen LogP) is 1.28. The molecule has 1 rings (SSSR count). The fourth-order valence-electron chi connectivity index (χ4n) is 0.942. The van der Waals surface area contributed by atoms with Gasteiger partial charge in [0.25, 0.3) is 5.91 Å². The molecule has 1 amide bonds. The van der Waals surface area contributed by atoms with Gasteiger partial charge in [-0.3, -0.25) is 4.79 Å². The molecular weight excluding hydrogens is 194 g/mol. The van der Waals surface area contributed by atoms with Crippen molar-refractivity contribution >= 4 is 11.9 Å². The molecular formula is C11H13NO3. The lowest BCUT2D eigenvalue weighted by molar-refractivity contribution is -0.143. The summed E-state index contributed by atoms with van der Waals surface area (Å²) < 4.78 is 21.6. The van der Waals surface area contributed by atoms with Crippen molar-refractivity contribution in [2.45, 2.75) is 19.3 Å². The van der Waals surface area contributed by atoms with Gasteiger partial charge in [0.2, 0.25) is 0 Å². The van der Waals surface area contributed by atoms with E-state index >= 15 is 0 Å². The van der Waals surface area contributed by atoms with Crippen LogP contribution in [0.1, 0.15) is 28.2 Å². The normalized spacial score (nSPS) is 17.8. The summed E-state index contributed by atoms with van der Waals surface area (Å²) in [7, 11) is 0. The molecule has 0 aromatic heterocycles. The fourth-order valence-corrected chi connectivity index (χ4v) is 0.942. The van der Waals surface area contributed by atoms with Crippen LogP contribution in [0.15, 0.2) is 30.3 Å². The number of aliphatic carboxylic acids is 1. The number of rotatable bonds is 3. The molecule has 80 valence electrons. The average molecular weight is 210 g/mol. The minimum absolute atomic E-state index is 0.203. The van der Waals surface area contributed by atoms with Crippen molar-refractivity contribution in [3.63, 3.8) is 0 Å². The van der Waals surface area contributed by atoms with Crippen molar-refractivity contribution in [1.82, 2.24) is 5.32 Å². The first kappa shape index (κ1) is 7.45. The molecule has 0 spiro atoms. The SMILES string of the molecule is [2H]C([2H])([2H])[C@](C)(NC(=O)c1ccccc1)C(=O)O. The lowest BCUT2D eigenvalue weighted by Crippen LogP contribution is -2.49. The number of hydrogen-bond acceptors (Lipinski definition) is 2. The molecule has 0 fully saturated rings. The lowest BCUT2D eigenvalue weighted by Gasteiger charge is -2.20. The van der Waals surface area contributed by atoms with Gasteiger partial charge in [0.15, 0.2) is 0 Å². The topological polar surface area (TPSA) is 66.4 Å².